The first-order valence-corrected chi connectivity index (χ1v) is 7.44. The van der Waals surface area contributed by atoms with Crippen LogP contribution in [0.25, 0.3) is 11.3 Å². The first-order chi connectivity index (χ1) is 11.7. The molecule has 0 spiro atoms. The number of aryl methyl sites for hydroxylation is 1. The lowest BCUT2D eigenvalue weighted by Crippen LogP contribution is -2.05. The number of nitrogens with zero attached hydrogens (tertiary/aromatic N) is 2. The second kappa shape index (κ2) is 6.80. The Bertz CT molecular complexity index is 888. The smallest absolute Gasteiger partial charge is 0.356 e. The first-order valence-electron chi connectivity index (χ1n) is 7.44. The van der Waals surface area contributed by atoms with Gasteiger partial charge in [-0.15, -0.1) is 0 Å². The summed E-state index contributed by atoms with van der Waals surface area (Å²) in [6.45, 7) is 2.16. The molecule has 0 unspecified atom stereocenters. The maximum atomic E-state index is 12.1. The number of carbonyl (C=O) groups excluding carboxylic acids is 1. The van der Waals surface area contributed by atoms with Gasteiger partial charge in [-0.05, 0) is 30.7 Å². The second-order valence-corrected chi connectivity index (χ2v) is 5.42. The highest BCUT2D eigenvalue weighted by atomic mass is 16.5. The zero-order valence-corrected chi connectivity index (χ0v) is 13.1. The number of nitrogens with one attached hydrogen (secondary N) is 1. The Morgan fingerprint density at radius 3 is 2.54 bits per heavy atom. The minimum absolute atomic E-state index is 0.142. The average molecular weight is 317 g/mol. The molecule has 0 aliphatic rings. The van der Waals surface area contributed by atoms with Crippen molar-refractivity contribution in [2.24, 2.45) is 0 Å². The third-order valence-electron chi connectivity index (χ3n) is 3.60. The number of hydrogen-bond donors (Lipinski definition) is 1. The molecule has 3 rings (SSSR count). The van der Waals surface area contributed by atoms with Gasteiger partial charge >= 0.3 is 5.97 Å². The van der Waals surface area contributed by atoms with Gasteiger partial charge in [-0.25, -0.2) is 4.79 Å². The van der Waals surface area contributed by atoms with E-state index < -0.39 is 5.97 Å². The maximum absolute atomic E-state index is 12.1. The Hall–Kier alpha value is -3.39. The number of H-pyrrole nitrogens is 1. The number of ether oxygens (including phenoxy) is 1. The molecule has 0 saturated carbocycles. The van der Waals surface area contributed by atoms with Crippen molar-refractivity contribution >= 4 is 5.97 Å². The summed E-state index contributed by atoms with van der Waals surface area (Å²) < 4.78 is 5.26. The van der Waals surface area contributed by atoms with E-state index in [1.54, 1.807) is 30.3 Å². The number of aromatic nitrogens is 2. The van der Waals surface area contributed by atoms with Gasteiger partial charge in [0.2, 0.25) is 0 Å². The molecule has 0 aliphatic heterocycles. The van der Waals surface area contributed by atoms with Crippen molar-refractivity contribution in [1.82, 2.24) is 10.2 Å². The SMILES string of the molecule is Cc1ccc(-c2cc(C(=O)OCc3ccc(C#N)cc3)[nH]n2)cc1. The fourth-order valence-electron chi connectivity index (χ4n) is 2.20. The van der Waals surface area contributed by atoms with Gasteiger partial charge < -0.3 is 4.74 Å². The van der Waals surface area contributed by atoms with Gasteiger partial charge in [0.25, 0.3) is 0 Å². The topological polar surface area (TPSA) is 78.8 Å². The summed E-state index contributed by atoms with van der Waals surface area (Å²) in [4.78, 5) is 12.1. The lowest BCUT2D eigenvalue weighted by Gasteiger charge is -2.03. The van der Waals surface area contributed by atoms with E-state index in [4.69, 9.17) is 10.00 Å². The third kappa shape index (κ3) is 3.50. The molecule has 2 aromatic carbocycles. The summed E-state index contributed by atoms with van der Waals surface area (Å²) in [7, 11) is 0. The maximum Gasteiger partial charge on any atom is 0.356 e. The van der Waals surface area contributed by atoms with Crippen molar-refractivity contribution in [2.75, 3.05) is 0 Å². The molecule has 0 amide bonds. The molecular weight excluding hydrogens is 302 g/mol. The highest BCUT2D eigenvalue weighted by Crippen LogP contribution is 2.18. The van der Waals surface area contributed by atoms with Crippen LogP contribution >= 0.6 is 0 Å². The number of aromatic amines is 1. The Morgan fingerprint density at radius 2 is 1.88 bits per heavy atom. The Balaban J connectivity index is 1.65. The minimum atomic E-state index is -0.467. The van der Waals surface area contributed by atoms with E-state index in [9.17, 15) is 4.79 Å². The standard InChI is InChI=1S/C19H15N3O2/c1-13-2-8-16(9-3-13)17-10-18(22-21-17)19(23)24-12-15-6-4-14(11-20)5-7-15/h2-10H,12H2,1H3,(H,21,22). The molecule has 1 heterocycles. The van der Waals surface area contributed by atoms with Gasteiger partial charge in [-0.1, -0.05) is 42.0 Å². The van der Waals surface area contributed by atoms with Crippen molar-refractivity contribution in [3.05, 3.63) is 77.0 Å². The van der Waals surface area contributed by atoms with Gasteiger partial charge in [-0.2, -0.15) is 10.4 Å². The first kappa shape index (κ1) is 15.5. The van der Waals surface area contributed by atoms with E-state index in [2.05, 4.69) is 10.2 Å². The van der Waals surface area contributed by atoms with Gasteiger partial charge in [0.05, 0.1) is 17.3 Å². The zero-order valence-electron chi connectivity index (χ0n) is 13.1. The van der Waals surface area contributed by atoms with Gasteiger partial charge in [-0.3, -0.25) is 5.10 Å². The van der Waals surface area contributed by atoms with E-state index >= 15 is 0 Å². The Labute approximate surface area is 139 Å². The number of hydrogen-bond acceptors (Lipinski definition) is 4. The summed E-state index contributed by atoms with van der Waals surface area (Å²) in [5, 5.41) is 15.6. The van der Waals surface area contributed by atoms with Crippen LogP contribution in [0.15, 0.2) is 54.6 Å². The zero-order chi connectivity index (χ0) is 16.9. The summed E-state index contributed by atoms with van der Waals surface area (Å²) in [6, 6.07) is 18.5. The third-order valence-corrected chi connectivity index (χ3v) is 3.60. The van der Waals surface area contributed by atoms with Crippen LogP contribution in [0.5, 0.6) is 0 Å². The molecule has 1 aromatic heterocycles. The normalized spacial score (nSPS) is 10.2. The van der Waals surface area contributed by atoms with E-state index in [1.165, 1.54) is 0 Å². The highest BCUT2D eigenvalue weighted by molar-refractivity contribution is 5.88. The number of rotatable bonds is 4. The molecular formula is C19H15N3O2. The largest absolute Gasteiger partial charge is 0.456 e. The predicted molar refractivity (Wildman–Crippen MR) is 89.0 cm³/mol. The molecule has 0 saturated heterocycles. The molecule has 118 valence electrons. The molecule has 0 atom stereocenters. The summed E-state index contributed by atoms with van der Waals surface area (Å²) in [5.74, 6) is -0.467. The molecule has 0 aliphatic carbocycles. The summed E-state index contributed by atoms with van der Waals surface area (Å²) in [5.41, 5.74) is 4.49. The van der Waals surface area contributed by atoms with Gasteiger partial charge in [0, 0.05) is 5.56 Å². The fourth-order valence-corrected chi connectivity index (χ4v) is 2.20. The lowest BCUT2D eigenvalue weighted by molar-refractivity contribution is 0.0465. The van der Waals surface area contributed by atoms with Crippen molar-refractivity contribution < 1.29 is 9.53 Å². The summed E-state index contributed by atoms with van der Waals surface area (Å²) >= 11 is 0. The molecule has 3 aromatic rings. The van der Waals surface area contributed by atoms with Crippen LogP contribution in [0.4, 0.5) is 0 Å². The molecule has 1 N–H and O–H groups in total. The van der Waals surface area contributed by atoms with Crippen LogP contribution in [-0.4, -0.2) is 16.2 Å². The van der Waals surface area contributed by atoms with Crippen LogP contribution in [0.2, 0.25) is 0 Å². The van der Waals surface area contributed by atoms with Crippen LogP contribution in [0.3, 0.4) is 0 Å². The van der Waals surface area contributed by atoms with E-state index in [0.29, 0.717) is 17.0 Å². The van der Waals surface area contributed by atoms with Crippen LogP contribution in [-0.2, 0) is 11.3 Å². The number of benzene rings is 2. The van der Waals surface area contributed by atoms with Crippen molar-refractivity contribution in [1.29, 1.82) is 5.26 Å². The monoisotopic (exact) mass is 317 g/mol. The molecule has 0 radical (unpaired) electrons. The Kier molecular flexibility index (Phi) is 4.39. The highest BCUT2D eigenvalue weighted by Gasteiger charge is 2.12. The van der Waals surface area contributed by atoms with Crippen LogP contribution < -0.4 is 0 Å². The molecule has 5 nitrogen and oxygen atoms in total. The number of carbonyl (C=O) groups is 1. The molecule has 5 heteroatoms. The molecule has 0 fully saturated rings. The minimum Gasteiger partial charge on any atom is -0.456 e. The lowest BCUT2D eigenvalue weighted by atomic mass is 10.1. The van der Waals surface area contributed by atoms with E-state index in [-0.39, 0.29) is 6.61 Å². The molecule has 0 bridgehead atoms. The summed E-state index contributed by atoms with van der Waals surface area (Å²) in [6.07, 6.45) is 0. The van der Waals surface area contributed by atoms with Gasteiger partial charge in [0.15, 0.2) is 0 Å². The number of nitriles is 1. The van der Waals surface area contributed by atoms with E-state index in [1.807, 2.05) is 37.3 Å². The van der Waals surface area contributed by atoms with Crippen molar-refractivity contribution in [3.63, 3.8) is 0 Å². The average Bonchev–Trinajstić information content (AvgIpc) is 3.11. The van der Waals surface area contributed by atoms with Gasteiger partial charge in [0.1, 0.15) is 12.3 Å². The quantitative estimate of drug-likeness (QED) is 0.745. The fraction of sp³-hybridized carbons (Fsp3) is 0.105. The van der Waals surface area contributed by atoms with Crippen molar-refractivity contribution in [2.45, 2.75) is 13.5 Å². The molecule has 24 heavy (non-hydrogen) atoms. The van der Waals surface area contributed by atoms with Crippen molar-refractivity contribution in [3.8, 4) is 17.3 Å². The predicted octanol–water partition coefficient (Wildman–Crippen LogP) is 3.61. The Morgan fingerprint density at radius 1 is 1.17 bits per heavy atom. The van der Waals surface area contributed by atoms with E-state index in [0.717, 1.165) is 16.7 Å². The second-order valence-electron chi connectivity index (χ2n) is 5.42. The van der Waals surface area contributed by atoms with Crippen LogP contribution in [0.1, 0.15) is 27.2 Å². The van der Waals surface area contributed by atoms with Crippen LogP contribution in [0, 0.1) is 18.3 Å². The number of esters is 1.